The molecule has 10 nitrogen and oxygen atoms in total. The molecule has 0 spiro atoms. The largest absolute Gasteiger partial charge is 0.491 e. The molecule has 13 heteroatoms. The van der Waals surface area contributed by atoms with Crippen molar-refractivity contribution in [3.8, 4) is 17.9 Å². The van der Waals surface area contributed by atoms with E-state index in [4.69, 9.17) is 4.74 Å². The number of imidazole rings is 1. The highest BCUT2D eigenvalue weighted by molar-refractivity contribution is 5.77. The Hall–Kier alpha value is -3.27. The van der Waals surface area contributed by atoms with Crippen molar-refractivity contribution in [2.45, 2.75) is 25.9 Å². The normalized spacial score (nSPS) is 16.9. The van der Waals surface area contributed by atoms with Crippen molar-refractivity contribution < 1.29 is 27.4 Å². The Bertz CT molecular complexity index is 1080. The number of anilines is 1. The van der Waals surface area contributed by atoms with Crippen LogP contribution in [0.25, 0.3) is 11.2 Å². The molecule has 2 aromatic heterocycles. The van der Waals surface area contributed by atoms with E-state index >= 15 is 0 Å². The van der Waals surface area contributed by atoms with Crippen molar-refractivity contribution in [3.63, 3.8) is 0 Å². The number of alkyl halides is 3. The Kier molecular flexibility index (Phi) is 5.88. The summed E-state index contributed by atoms with van der Waals surface area (Å²) < 4.78 is 50.5. The van der Waals surface area contributed by atoms with Crippen molar-refractivity contribution in [3.05, 3.63) is 10.4 Å². The van der Waals surface area contributed by atoms with Gasteiger partial charge in [0, 0.05) is 20.1 Å². The molecule has 0 aliphatic carbocycles. The molecular formula is C17H19F3N6O4. The van der Waals surface area contributed by atoms with Crippen LogP contribution in [0.15, 0.2) is 4.79 Å². The first-order valence-electron chi connectivity index (χ1n) is 8.85. The topological polar surface area (TPSA) is 104 Å². The summed E-state index contributed by atoms with van der Waals surface area (Å²) in [5.74, 6) is 3.32. The highest BCUT2D eigenvalue weighted by Gasteiger charge is 2.44. The minimum atomic E-state index is -5.14. The zero-order valence-electron chi connectivity index (χ0n) is 16.4. The summed E-state index contributed by atoms with van der Waals surface area (Å²) in [5, 5.41) is 2.87. The fourth-order valence-electron chi connectivity index (χ4n) is 3.04. The molecule has 0 amide bonds. The smallest absolute Gasteiger partial charge is 0.468 e. The lowest BCUT2D eigenvalue weighted by Crippen LogP contribution is -2.55. The third-order valence-electron chi connectivity index (χ3n) is 4.45. The van der Waals surface area contributed by atoms with E-state index in [1.54, 1.807) is 6.92 Å². The van der Waals surface area contributed by atoms with Gasteiger partial charge in [-0.1, -0.05) is 5.92 Å². The molecule has 0 saturated carbocycles. The van der Waals surface area contributed by atoms with Gasteiger partial charge in [0.25, 0.3) is 5.56 Å². The number of carbonyl (C=O) groups excluding carboxylic acids is 1. The molecule has 1 atom stereocenters. The van der Waals surface area contributed by atoms with Crippen LogP contribution in [0.5, 0.6) is 6.01 Å². The molecule has 30 heavy (non-hydrogen) atoms. The second-order valence-corrected chi connectivity index (χ2v) is 6.31. The highest BCUT2D eigenvalue weighted by atomic mass is 19.4. The van der Waals surface area contributed by atoms with Crippen molar-refractivity contribution in [2.75, 3.05) is 31.6 Å². The van der Waals surface area contributed by atoms with Gasteiger partial charge in [-0.05, 0) is 6.92 Å². The third kappa shape index (κ3) is 3.90. The van der Waals surface area contributed by atoms with Crippen molar-refractivity contribution in [1.82, 2.24) is 24.4 Å². The van der Waals surface area contributed by atoms with E-state index in [9.17, 15) is 22.8 Å². The van der Waals surface area contributed by atoms with E-state index in [1.807, 2.05) is 0 Å². The lowest BCUT2D eigenvalue weighted by Gasteiger charge is -2.36. The van der Waals surface area contributed by atoms with E-state index in [-0.39, 0.29) is 42.8 Å². The van der Waals surface area contributed by atoms with Crippen LogP contribution >= 0.6 is 0 Å². The number of nitrogens with one attached hydrogen (secondary N) is 1. The molecule has 1 aliphatic rings. The molecule has 1 saturated heterocycles. The summed E-state index contributed by atoms with van der Waals surface area (Å²) in [7, 11) is 2.81. The van der Waals surface area contributed by atoms with Crippen LogP contribution in [-0.4, -0.2) is 64.2 Å². The molecule has 3 rings (SSSR count). The van der Waals surface area contributed by atoms with Gasteiger partial charge in [0.05, 0.1) is 20.2 Å². The van der Waals surface area contributed by atoms with E-state index < -0.39 is 23.9 Å². The van der Waals surface area contributed by atoms with E-state index in [0.29, 0.717) is 6.54 Å². The summed E-state index contributed by atoms with van der Waals surface area (Å²) >= 11 is 0. The van der Waals surface area contributed by atoms with Crippen molar-refractivity contribution in [2.24, 2.45) is 7.05 Å². The Morgan fingerprint density at radius 3 is 2.73 bits per heavy atom. The number of rotatable bonds is 4. The second kappa shape index (κ2) is 8.23. The Morgan fingerprint density at radius 2 is 2.10 bits per heavy atom. The predicted octanol–water partition coefficient (Wildman–Crippen LogP) is 0.00310. The maximum atomic E-state index is 12.8. The van der Waals surface area contributed by atoms with Gasteiger partial charge in [-0.3, -0.25) is 13.9 Å². The summed E-state index contributed by atoms with van der Waals surface area (Å²) in [6.45, 7) is 2.17. The molecule has 3 heterocycles. The maximum absolute atomic E-state index is 12.8. The van der Waals surface area contributed by atoms with E-state index in [1.165, 1.54) is 28.2 Å². The number of aromatic nitrogens is 4. The fraction of sp³-hybridized carbons (Fsp3) is 0.529. The standard InChI is InChI=1S/C17H19F3N6O4/c1-4-5-7-26-11-12(23-16(29-3)24(2)13(11)27)22-15(26)25-8-6-21-9-10(25)30-14(28)17(18,19)20/h10,21H,6-9H2,1-3H3. The van der Waals surface area contributed by atoms with Crippen LogP contribution in [-0.2, 0) is 23.1 Å². The molecular weight excluding hydrogens is 409 g/mol. The first-order valence-corrected chi connectivity index (χ1v) is 8.85. The first-order chi connectivity index (χ1) is 14.2. The van der Waals surface area contributed by atoms with Gasteiger partial charge < -0.3 is 19.7 Å². The minimum absolute atomic E-state index is 0.0191. The fourth-order valence-corrected chi connectivity index (χ4v) is 3.04. The van der Waals surface area contributed by atoms with Crippen molar-refractivity contribution in [1.29, 1.82) is 0 Å². The predicted molar refractivity (Wildman–Crippen MR) is 98.9 cm³/mol. The molecule has 0 aromatic carbocycles. The van der Waals surface area contributed by atoms with Crippen LogP contribution < -0.4 is 20.5 Å². The molecule has 162 valence electrons. The Labute approximate surface area is 168 Å². The first kappa shape index (κ1) is 21.4. The lowest BCUT2D eigenvalue weighted by atomic mass is 10.3. The molecule has 2 aromatic rings. The molecule has 1 aliphatic heterocycles. The maximum Gasteiger partial charge on any atom is 0.491 e. The summed E-state index contributed by atoms with van der Waals surface area (Å²) in [6.07, 6.45) is -6.43. The zero-order valence-corrected chi connectivity index (χ0v) is 16.4. The molecule has 1 fully saturated rings. The van der Waals surface area contributed by atoms with Gasteiger partial charge in [0.2, 0.25) is 5.95 Å². The van der Waals surface area contributed by atoms with E-state index in [0.717, 1.165) is 0 Å². The van der Waals surface area contributed by atoms with Crippen molar-refractivity contribution >= 4 is 23.1 Å². The van der Waals surface area contributed by atoms with Crippen LogP contribution in [0.2, 0.25) is 0 Å². The van der Waals surface area contributed by atoms with Crippen LogP contribution in [0, 0.1) is 11.8 Å². The number of esters is 1. The molecule has 0 bridgehead atoms. The molecule has 1 N–H and O–H groups in total. The average Bonchev–Trinajstić information content (AvgIpc) is 3.07. The van der Waals surface area contributed by atoms with Gasteiger partial charge in [0.1, 0.15) is 0 Å². The lowest BCUT2D eigenvalue weighted by molar-refractivity contribution is -0.205. The Morgan fingerprint density at radius 1 is 1.37 bits per heavy atom. The van der Waals surface area contributed by atoms with Gasteiger partial charge >= 0.3 is 18.2 Å². The van der Waals surface area contributed by atoms with Crippen LogP contribution in [0.3, 0.4) is 0 Å². The van der Waals surface area contributed by atoms with Gasteiger partial charge in [-0.2, -0.15) is 23.1 Å². The number of hydrogen-bond donors (Lipinski definition) is 1. The summed E-state index contributed by atoms with van der Waals surface area (Å²) in [4.78, 5) is 34.1. The SMILES string of the molecule is CC#CCn1c(N2CCNCC2OC(=O)C(F)(F)F)nc2nc(OC)n(C)c(=O)c21. The van der Waals surface area contributed by atoms with Gasteiger partial charge in [-0.15, -0.1) is 5.92 Å². The number of carbonyl (C=O) groups is 1. The summed E-state index contributed by atoms with van der Waals surface area (Å²) in [6, 6.07) is 0.0191. The number of ether oxygens (including phenoxy) is 2. The highest BCUT2D eigenvalue weighted by Crippen LogP contribution is 2.25. The Balaban J connectivity index is 2.14. The van der Waals surface area contributed by atoms with Gasteiger partial charge in [-0.25, -0.2) is 4.79 Å². The number of hydrogen-bond acceptors (Lipinski definition) is 8. The number of fused-ring (bicyclic) bond motifs is 1. The third-order valence-corrected chi connectivity index (χ3v) is 4.45. The number of methoxy groups -OCH3 is 1. The van der Waals surface area contributed by atoms with Gasteiger partial charge in [0.15, 0.2) is 17.4 Å². The summed E-state index contributed by atoms with van der Waals surface area (Å²) in [5.41, 5.74) is -0.315. The number of halogens is 3. The minimum Gasteiger partial charge on any atom is -0.468 e. The zero-order chi connectivity index (χ0) is 22.1. The molecule has 0 radical (unpaired) electrons. The quantitative estimate of drug-likeness (QED) is 0.537. The molecule has 1 unspecified atom stereocenters. The second-order valence-electron chi connectivity index (χ2n) is 6.31. The number of piperazine rings is 1. The van der Waals surface area contributed by atoms with Crippen LogP contribution in [0.4, 0.5) is 19.1 Å². The number of nitrogens with zero attached hydrogens (tertiary/aromatic N) is 5. The van der Waals surface area contributed by atoms with Crippen LogP contribution in [0.1, 0.15) is 6.92 Å². The average molecular weight is 428 g/mol. The van der Waals surface area contributed by atoms with E-state index in [2.05, 4.69) is 31.9 Å². The monoisotopic (exact) mass is 428 g/mol.